The normalized spacial score (nSPS) is 12.6. The monoisotopic (exact) mass is 343 g/mol. The lowest BCUT2D eigenvalue weighted by molar-refractivity contribution is 0.493. The second kappa shape index (κ2) is 10.3. The van der Waals surface area contributed by atoms with Gasteiger partial charge in [0.15, 0.2) is 0 Å². The first-order chi connectivity index (χ1) is 9.69. The van der Waals surface area contributed by atoms with Crippen LogP contribution in [0.15, 0.2) is 22.7 Å². The van der Waals surface area contributed by atoms with Crippen LogP contribution in [0.5, 0.6) is 0 Å². The Bertz CT molecular complexity index is 381. The minimum Gasteiger partial charge on any atom is -0.313 e. The molecule has 0 amide bonds. The van der Waals surface area contributed by atoms with Crippen LogP contribution >= 0.6 is 15.9 Å². The van der Waals surface area contributed by atoms with Gasteiger partial charge in [-0.05, 0) is 31.2 Å². The van der Waals surface area contributed by atoms with Crippen molar-refractivity contribution in [1.29, 1.82) is 0 Å². The number of unbranched alkanes of at least 4 members (excludes halogenated alkanes) is 6. The fourth-order valence-corrected chi connectivity index (χ4v) is 3.17. The standard InChI is InChI=1S/C17H27BrFN/c1-3-4-5-6-7-8-9-10-17(20-2)15-12-11-14(19)13-16(15)18/h11-13,17,20H,3-10H2,1-2H3. The molecular weight excluding hydrogens is 317 g/mol. The number of nitrogens with one attached hydrogen (secondary N) is 1. The van der Waals surface area contributed by atoms with E-state index in [1.54, 1.807) is 6.07 Å². The molecule has 0 aromatic heterocycles. The maximum absolute atomic E-state index is 13.1. The van der Waals surface area contributed by atoms with Gasteiger partial charge in [0.2, 0.25) is 0 Å². The maximum Gasteiger partial charge on any atom is 0.124 e. The lowest BCUT2D eigenvalue weighted by Gasteiger charge is -2.18. The third-order valence-corrected chi connectivity index (χ3v) is 4.47. The molecule has 0 heterocycles. The Morgan fingerprint density at radius 2 is 1.75 bits per heavy atom. The van der Waals surface area contributed by atoms with E-state index in [4.69, 9.17) is 0 Å². The van der Waals surface area contributed by atoms with Crippen molar-refractivity contribution in [3.05, 3.63) is 34.1 Å². The summed E-state index contributed by atoms with van der Waals surface area (Å²) in [7, 11) is 1.97. The molecule has 1 aromatic carbocycles. The Labute approximate surface area is 131 Å². The summed E-state index contributed by atoms with van der Waals surface area (Å²) in [5.41, 5.74) is 1.15. The zero-order chi connectivity index (χ0) is 14.8. The van der Waals surface area contributed by atoms with Crippen LogP contribution in [-0.4, -0.2) is 7.05 Å². The molecule has 0 fully saturated rings. The van der Waals surface area contributed by atoms with Crippen molar-refractivity contribution >= 4 is 15.9 Å². The molecule has 1 N–H and O–H groups in total. The van der Waals surface area contributed by atoms with Gasteiger partial charge in [-0.25, -0.2) is 4.39 Å². The summed E-state index contributed by atoms with van der Waals surface area (Å²) in [6.07, 6.45) is 10.4. The van der Waals surface area contributed by atoms with Crippen molar-refractivity contribution in [3.63, 3.8) is 0 Å². The van der Waals surface area contributed by atoms with Gasteiger partial charge in [-0.3, -0.25) is 0 Å². The highest BCUT2D eigenvalue weighted by atomic mass is 79.9. The van der Waals surface area contributed by atoms with Gasteiger partial charge in [0, 0.05) is 10.5 Å². The molecule has 1 nitrogen and oxygen atoms in total. The van der Waals surface area contributed by atoms with Crippen molar-refractivity contribution in [2.75, 3.05) is 7.05 Å². The summed E-state index contributed by atoms with van der Waals surface area (Å²) in [5.74, 6) is -0.189. The molecule has 0 spiro atoms. The molecule has 1 unspecified atom stereocenters. The van der Waals surface area contributed by atoms with E-state index in [-0.39, 0.29) is 5.82 Å². The van der Waals surface area contributed by atoms with Gasteiger partial charge in [-0.1, -0.05) is 73.9 Å². The van der Waals surface area contributed by atoms with Crippen molar-refractivity contribution < 1.29 is 4.39 Å². The van der Waals surface area contributed by atoms with Crippen LogP contribution in [0.4, 0.5) is 4.39 Å². The lowest BCUT2D eigenvalue weighted by Crippen LogP contribution is -2.16. The van der Waals surface area contributed by atoms with Gasteiger partial charge in [-0.15, -0.1) is 0 Å². The van der Waals surface area contributed by atoms with E-state index >= 15 is 0 Å². The quantitative estimate of drug-likeness (QED) is 0.514. The van der Waals surface area contributed by atoms with Crippen LogP contribution in [0.2, 0.25) is 0 Å². The van der Waals surface area contributed by atoms with Crippen molar-refractivity contribution in [2.45, 2.75) is 64.3 Å². The van der Waals surface area contributed by atoms with Gasteiger partial charge < -0.3 is 5.32 Å². The molecule has 0 aliphatic rings. The molecule has 0 saturated heterocycles. The van der Waals surface area contributed by atoms with Crippen LogP contribution in [0.25, 0.3) is 0 Å². The fraction of sp³-hybridized carbons (Fsp3) is 0.647. The summed E-state index contributed by atoms with van der Waals surface area (Å²) >= 11 is 3.46. The average molecular weight is 344 g/mol. The molecule has 3 heteroatoms. The number of hydrogen-bond donors (Lipinski definition) is 1. The Morgan fingerprint density at radius 3 is 2.35 bits per heavy atom. The largest absolute Gasteiger partial charge is 0.313 e. The minimum atomic E-state index is -0.189. The van der Waals surface area contributed by atoms with Crippen LogP contribution in [0, 0.1) is 5.82 Å². The van der Waals surface area contributed by atoms with Crippen LogP contribution < -0.4 is 5.32 Å². The van der Waals surface area contributed by atoms with Crippen LogP contribution in [-0.2, 0) is 0 Å². The summed E-state index contributed by atoms with van der Waals surface area (Å²) in [4.78, 5) is 0. The summed E-state index contributed by atoms with van der Waals surface area (Å²) in [6.45, 7) is 2.25. The smallest absolute Gasteiger partial charge is 0.124 e. The molecule has 1 aromatic rings. The second-order valence-electron chi connectivity index (χ2n) is 5.42. The van der Waals surface area contributed by atoms with Gasteiger partial charge in [0.05, 0.1) is 0 Å². The number of rotatable bonds is 10. The van der Waals surface area contributed by atoms with E-state index in [1.807, 2.05) is 13.1 Å². The molecule has 0 saturated carbocycles. The van der Waals surface area contributed by atoms with E-state index < -0.39 is 0 Å². The SMILES string of the molecule is CCCCCCCCCC(NC)c1ccc(F)cc1Br. The van der Waals surface area contributed by atoms with E-state index in [9.17, 15) is 4.39 Å². The first kappa shape index (κ1) is 17.6. The topological polar surface area (TPSA) is 12.0 Å². The number of halogens is 2. The van der Waals surface area contributed by atoms with Gasteiger partial charge in [0.1, 0.15) is 5.82 Å². The molecule has 20 heavy (non-hydrogen) atoms. The van der Waals surface area contributed by atoms with Crippen molar-refractivity contribution in [3.8, 4) is 0 Å². The first-order valence-electron chi connectivity index (χ1n) is 7.81. The van der Waals surface area contributed by atoms with E-state index in [0.717, 1.165) is 16.5 Å². The highest BCUT2D eigenvalue weighted by molar-refractivity contribution is 9.10. The van der Waals surface area contributed by atoms with E-state index in [0.29, 0.717) is 6.04 Å². The van der Waals surface area contributed by atoms with Gasteiger partial charge in [0.25, 0.3) is 0 Å². The zero-order valence-corrected chi connectivity index (χ0v) is 14.3. The number of benzene rings is 1. The molecule has 114 valence electrons. The summed E-state index contributed by atoms with van der Waals surface area (Å²) in [6, 6.07) is 5.27. The number of hydrogen-bond acceptors (Lipinski definition) is 1. The Balaban J connectivity index is 2.32. The molecule has 0 bridgehead atoms. The lowest BCUT2D eigenvalue weighted by atomic mass is 9.99. The first-order valence-corrected chi connectivity index (χ1v) is 8.60. The second-order valence-corrected chi connectivity index (χ2v) is 6.27. The average Bonchev–Trinajstić information content (AvgIpc) is 2.43. The van der Waals surface area contributed by atoms with Crippen molar-refractivity contribution in [2.24, 2.45) is 0 Å². The van der Waals surface area contributed by atoms with Crippen LogP contribution in [0.1, 0.15) is 69.9 Å². The predicted octanol–water partition coefficient (Wildman–Crippen LogP) is 5.99. The zero-order valence-electron chi connectivity index (χ0n) is 12.7. The summed E-state index contributed by atoms with van der Waals surface area (Å²) in [5, 5.41) is 3.34. The summed E-state index contributed by atoms with van der Waals surface area (Å²) < 4.78 is 14.0. The Kier molecular flexibility index (Phi) is 9.12. The molecular formula is C17H27BrFN. The third-order valence-electron chi connectivity index (χ3n) is 3.78. The van der Waals surface area contributed by atoms with E-state index in [2.05, 4.69) is 28.2 Å². The molecule has 0 aliphatic heterocycles. The van der Waals surface area contributed by atoms with E-state index in [1.165, 1.54) is 51.0 Å². The molecule has 0 radical (unpaired) electrons. The highest BCUT2D eigenvalue weighted by Gasteiger charge is 2.12. The minimum absolute atomic E-state index is 0.189. The van der Waals surface area contributed by atoms with Crippen molar-refractivity contribution in [1.82, 2.24) is 5.32 Å². The highest BCUT2D eigenvalue weighted by Crippen LogP contribution is 2.27. The Morgan fingerprint density at radius 1 is 1.10 bits per heavy atom. The molecule has 1 rings (SSSR count). The molecule has 0 aliphatic carbocycles. The van der Waals surface area contributed by atoms with Gasteiger partial charge in [-0.2, -0.15) is 0 Å². The Hall–Kier alpha value is -0.410. The maximum atomic E-state index is 13.1. The van der Waals surface area contributed by atoms with Gasteiger partial charge >= 0.3 is 0 Å². The predicted molar refractivity (Wildman–Crippen MR) is 88.5 cm³/mol. The third kappa shape index (κ3) is 6.36. The van der Waals surface area contributed by atoms with Crippen LogP contribution in [0.3, 0.4) is 0 Å². The fourth-order valence-electron chi connectivity index (χ4n) is 2.55. The molecule has 1 atom stereocenters.